The van der Waals surface area contributed by atoms with Gasteiger partial charge in [0, 0.05) is 12.0 Å². The molecule has 0 aliphatic heterocycles. The van der Waals surface area contributed by atoms with Crippen LogP contribution in [0.5, 0.6) is 11.5 Å². The van der Waals surface area contributed by atoms with Gasteiger partial charge in [-0.2, -0.15) is 16.8 Å². The molecule has 0 saturated heterocycles. The van der Waals surface area contributed by atoms with Gasteiger partial charge in [0.1, 0.15) is 4.90 Å². The van der Waals surface area contributed by atoms with E-state index < -0.39 is 25.1 Å². The highest BCUT2D eigenvalue weighted by molar-refractivity contribution is 7.86. The van der Waals surface area contributed by atoms with Crippen LogP contribution in [-0.2, 0) is 26.7 Å². The molecule has 0 heterocycles. The number of fused-ring (bicyclic) bond motifs is 3. The fraction of sp³-hybridized carbons (Fsp3) is 0.520. The molecule has 0 spiro atoms. The molecule has 0 aromatic heterocycles. The third-order valence-corrected chi connectivity index (χ3v) is 8.02. The summed E-state index contributed by atoms with van der Waals surface area (Å²) in [5, 5.41) is 0. The second kappa shape index (κ2) is 13.0. The molecule has 6 N–H and O–H groups in total. The molecular formula is C25H36N2O8S2. The summed E-state index contributed by atoms with van der Waals surface area (Å²) >= 11 is 0. The van der Waals surface area contributed by atoms with Crippen molar-refractivity contribution < 1.29 is 35.4 Å². The van der Waals surface area contributed by atoms with Crippen LogP contribution in [-0.4, -0.2) is 52.2 Å². The van der Waals surface area contributed by atoms with Crippen LogP contribution in [0, 0.1) is 0 Å². The Hall–Kier alpha value is -2.22. The van der Waals surface area contributed by atoms with E-state index in [2.05, 4.69) is 0 Å². The lowest BCUT2D eigenvalue weighted by Crippen LogP contribution is -2.10. The van der Waals surface area contributed by atoms with Crippen LogP contribution in [0.2, 0.25) is 0 Å². The van der Waals surface area contributed by atoms with Crippen LogP contribution < -0.4 is 20.9 Å². The van der Waals surface area contributed by atoms with Crippen molar-refractivity contribution in [3.63, 3.8) is 0 Å². The maximum atomic E-state index is 12.4. The van der Waals surface area contributed by atoms with Crippen LogP contribution in [0.1, 0.15) is 62.5 Å². The molecule has 0 unspecified atom stereocenters. The van der Waals surface area contributed by atoms with E-state index in [4.69, 9.17) is 20.9 Å². The van der Waals surface area contributed by atoms with Crippen LogP contribution in [0.15, 0.2) is 34.1 Å². The van der Waals surface area contributed by atoms with Crippen molar-refractivity contribution in [1.82, 2.24) is 0 Å². The van der Waals surface area contributed by atoms with E-state index in [1.807, 2.05) is 0 Å². The predicted molar refractivity (Wildman–Crippen MR) is 140 cm³/mol. The van der Waals surface area contributed by atoms with Crippen molar-refractivity contribution in [3.05, 3.63) is 35.4 Å². The van der Waals surface area contributed by atoms with Crippen LogP contribution in [0.4, 0.5) is 0 Å². The number of rotatable bonds is 16. The molecule has 3 rings (SSSR count). The Morgan fingerprint density at radius 2 is 1.27 bits per heavy atom. The summed E-state index contributed by atoms with van der Waals surface area (Å²) in [5.74, 6) is 0.167. The van der Waals surface area contributed by atoms with E-state index in [1.54, 1.807) is 6.07 Å². The van der Waals surface area contributed by atoms with Gasteiger partial charge in [0.05, 0.1) is 18.1 Å². The molecule has 0 amide bonds. The molecule has 37 heavy (non-hydrogen) atoms. The summed E-state index contributed by atoms with van der Waals surface area (Å²) in [6.07, 6.45) is 7.11. The van der Waals surface area contributed by atoms with E-state index in [1.165, 1.54) is 18.2 Å². The number of unbranched alkanes of at least 4 members (excludes halogenated alkanes) is 6. The van der Waals surface area contributed by atoms with Gasteiger partial charge in [-0.05, 0) is 73.7 Å². The normalized spacial score (nSPS) is 12.9. The largest absolute Gasteiger partial charge is 0.489 e. The Morgan fingerprint density at radius 1 is 0.703 bits per heavy atom. The van der Waals surface area contributed by atoms with Crippen molar-refractivity contribution >= 4 is 20.2 Å². The van der Waals surface area contributed by atoms with Gasteiger partial charge in [-0.1, -0.05) is 31.7 Å². The third-order valence-electron chi connectivity index (χ3n) is 6.31. The van der Waals surface area contributed by atoms with Gasteiger partial charge in [0.15, 0.2) is 11.5 Å². The number of ether oxygens (including phenoxy) is 2. The van der Waals surface area contributed by atoms with Gasteiger partial charge in [-0.25, -0.2) is 0 Å². The second-order valence-electron chi connectivity index (χ2n) is 9.11. The van der Waals surface area contributed by atoms with E-state index in [0.29, 0.717) is 55.6 Å². The zero-order valence-corrected chi connectivity index (χ0v) is 22.4. The zero-order valence-electron chi connectivity index (χ0n) is 20.8. The Bertz CT molecular complexity index is 1290. The van der Waals surface area contributed by atoms with Crippen molar-refractivity contribution in [2.75, 3.05) is 26.3 Å². The summed E-state index contributed by atoms with van der Waals surface area (Å²) in [6.45, 7) is 1.73. The summed E-state index contributed by atoms with van der Waals surface area (Å²) < 4.78 is 79.9. The van der Waals surface area contributed by atoms with E-state index in [-0.39, 0.29) is 23.0 Å². The zero-order chi connectivity index (χ0) is 27.1. The first-order valence-corrected chi connectivity index (χ1v) is 15.4. The maximum absolute atomic E-state index is 12.4. The molecule has 2 aromatic carbocycles. The quantitative estimate of drug-likeness (QED) is 0.150. The van der Waals surface area contributed by atoms with Gasteiger partial charge < -0.3 is 20.9 Å². The average Bonchev–Trinajstić information content (AvgIpc) is 3.20. The number of benzene rings is 2. The van der Waals surface area contributed by atoms with Crippen molar-refractivity contribution in [2.45, 2.75) is 67.6 Å². The Morgan fingerprint density at radius 3 is 1.81 bits per heavy atom. The molecule has 12 heteroatoms. The fourth-order valence-electron chi connectivity index (χ4n) is 4.41. The summed E-state index contributed by atoms with van der Waals surface area (Å²) in [4.78, 5) is -0.760. The van der Waals surface area contributed by atoms with E-state index in [0.717, 1.165) is 44.1 Å². The lowest BCUT2D eigenvalue weighted by molar-refractivity contribution is 0.251. The molecule has 0 fully saturated rings. The minimum absolute atomic E-state index is 0.0511. The highest BCUT2D eigenvalue weighted by Gasteiger charge is 2.32. The summed E-state index contributed by atoms with van der Waals surface area (Å²) in [6, 6.07) is 5.43. The van der Waals surface area contributed by atoms with E-state index >= 15 is 0 Å². The monoisotopic (exact) mass is 556 g/mol. The number of hydrogen-bond acceptors (Lipinski definition) is 8. The molecular weight excluding hydrogens is 520 g/mol. The van der Waals surface area contributed by atoms with Gasteiger partial charge in [0.25, 0.3) is 20.2 Å². The Balaban J connectivity index is 2.01. The fourth-order valence-corrected chi connectivity index (χ4v) is 5.57. The smallest absolute Gasteiger partial charge is 0.298 e. The molecule has 1 aliphatic carbocycles. The molecule has 206 valence electrons. The van der Waals surface area contributed by atoms with Gasteiger partial charge >= 0.3 is 0 Å². The van der Waals surface area contributed by atoms with Crippen molar-refractivity contribution in [1.29, 1.82) is 0 Å². The standard InChI is InChI=1S/C25H36N2O8S2/c26-11-5-1-3-7-13-34-24-22-15-18-9-10-19(36(28,29)30)16-20(18)21(22)17-23(37(31,32)33)25(24)35-14-8-4-2-6-12-27/h9-10,16-17H,1-8,11-15,26-27H2,(H,28,29,30)(H,31,32,33). The molecule has 0 bridgehead atoms. The first-order chi connectivity index (χ1) is 17.6. The lowest BCUT2D eigenvalue weighted by atomic mass is 10.0. The van der Waals surface area contributed by atoms with Crippen LogP contribution >= 0.6 is 0 Å². The highest BCUT2D eigenvalue weighted by atomic mass is 32.2. The molecule has 0 saturated carbocycles. The summed E-state index contributed by atoms with van der Waals surface area (Å²) in [7, 11) is -9.19. The second-order valence-corrected chi connectivity index (χ2v) is 11.9. The van der Waals surface area contributed by atoms with E-state index in [9.17, 15) is 25.9 Å². The summed E-state index contributed by atoms with van der Waals surface area (Å²) in [5.41, 5.74) is 13.3. The van der Waals surface area contributed by atoms with Gasteiger partial charge in [-0.15, -0.1) is 0 Å². The SMILES string of the molecule is NCCCCCCOc1c(S(=O)(=O)O)cc2c(c1OCCCCCCN)Cc1ccc(S(=O)(=O)O)cc1-2. The third kappa shape index (κ3) is 7.65. The molecule has 0 atom stereocenters. The average molecular weight is 557 g/mol. The molecule has 0 radical (unpaired) electrons. The minimum Gasteiger partial charge on any atom is -0.489 e. The highest BCUT2D eigenvalue weighted by Crippen LogP contribution is 2.49. The lowest BCUT2D eigenvalue weighted by Gasteiger charge is -2.19. The van der Waals surface area contributed by atoms with Crippen molar-refractivity contribution in [3.8, 4) is 22.6 Å². The molecule has 10 nitrogen and oxygen atoms in total. The topological polar surface area (TPSA) is 179 Å². The minimum atomic E-state index is -4.72. The van der Waals surface area contributed by atoms with Gasteiger partial charge in [-0.3, -0.25) is 9.11 Å². The molecule has 2 aromatic rings. The van der Waals surface area contributed by atoms with Gasteiger partial charge in [0.2, 0.25) is 0 Å². The predicted octanol–water partition coefficient (Wildman–Crippen LogP) is 3.55. The van der Waals surface area contributed by atoms with Crippen LogP contribution in [0.25, 0.3) is 11.1 Å². The van der Waals surface area contributed by atoms with Crippen LogP contribution in [0.3, 0.4) is 0 Å². The number of hydrogen-bond donors (Lipinski definition) is 4. The maximum Gasteiger partial charge on any atom is 0.298 e. The van der Waals surface area contributed by atoms with Crippen molar-refractivity contribution in [2.24, 2.45) is 11.5 Å². The first kappa shape index (κ1) is 29.3. The Labute approximate surface area is 218 Å². The number of nitrogens with two attached hydrogens (primary N) is 2. The molecule has 1 aliphatic rings. The first-order valence-electron chi connectivity index (χ1n) is 12.5. The Kier molecular flexibility index (Phi) is 10.3.